The van der Waals surface area contributed by atoms with Crippen LogP contribution in [-0.4, -0.2) is 53.1 Å². The summed E-state index contributed by atoms with van der Waals surface area (Å²) in [5.74, 6) is -51.8. The van der Waals surface area contributed by atoms with Gasteiger partial charge in [0.05, 0.1) is 5.34 Å². The highest BCUT2D eigenvalue weighted by molar-refractivity contribution is 5.85. The van der Waals surface area contributed by atoms with Crippen LogP contribution in [0.3, 0.4) is 0 Å². The fourth-order valence-electron chi connectivity index (χ4n) is 1.26. The summed E-state index contributed by atoms with van der Waals surface area (Å²) in [6.45, 7) is 0. The molecule has 0 radical (unpaired) electrons. The normalized spacial score (nSPS) is 16.1. The molecule has 0 unspecified atom stereocenters. The summed E-state index contributed by atoms with van der Waals surface area (Å²) in [5.41, 5.74) is 0. The standard InChI is InChI=1S/C8F19N.ClH/c9-1(10,3(13,14)5(17,18)7(21,22)23)2(11,12)4(15,16)6(19,20)8(24,25)28(26)27;/h;1H. The predicted molar refractivity (Wildman–Crippen MR) is 52.0 cm³/mol. The Balaban J connectivity index is 0. The second-order valence-corrected chi connectivity index (χ2v) is 4.72. The molecule has 0 aliphatic heterocycles. The van der Waals surface area contributed by atoms with Gasteiger partial charge in [0.15, 0.2) is 0 Å². The molecular formula is C8HClF19N. The van der Waals surface area contributed by atoms with E-state index in [0.717, 1.165) is 0 Å². The first-order valence-corrected chi connectivity index (χ1v) is 5.52. The Labute approximate surface area is 150 Å². The number of rotatable bonds is 7. The SMILES string of the molecule is Cl.FN(F)C(F)(F)C(F)(F)C(F)(F)C(F)(F)C(F)(F)C(F)(F)C(F)(F)C(F)(F)F. The Morgan fingerprint density at radius 2 is 0.552 bits per heavy atom. The zero-order valence-corrected chi connectivity index (χ0v) is 12.9. The molecule has 0 spiro atoms. The van der Waals surface area contributed by atoms with Crippen LogP contribution in [0.1, 0.15) is 0 Å². The minimum atomic E-state index is -8.86. The molecule has 0 aromatic carbocycles. The Morgan fingerprint density at radius 3 is 0.759 bits per heavy atom. The Morgan fingerprint density at radius 1 is 0.345 bits per heavy atom. The van der Waals surface area contributed by atoms with Crippen LogP contribution in [0, 0.1) is 0 Å². The number of hydrogen-bond acceptors (Lipinski definition) is 1. The van der Waals surface area contributed by atoms with E-state index in [1.807, 2.05) is 0 Å². The van der Waals surface area contributed by atoms with E-state index in [9.17, 15) is 83.6 Å². The summed E-state index contributed by atoms with van der Waals surface area (Å²) in [5, 5.41) is -4.25. The molecule has 0 heterocycles. The molecule has 0 aromatic heterocycles. The highest BCUT2D eigenvalue weighted by Crippen LogP contribution is 2.64. The van der Waals surface area contributed by atoms with Gasteiger partial charge in [-0.25, -0.2) is 0 Å². The maximum atomic E-state index is 12.9. The van der Waals surface area contributed by atoms with E-state index in [0.29, 0.717) is 0 Å². The van der Waals surface area contributed by atoms with Gasteiger partial charge in [-0.3, -0.25) is 0 Å². The van der Waals surface area contributed by atoms with Gasteiger partial charge >= 0.3 is 47.8 Å². The average Bonchev–Trinajstić information content (AvgIpc) is 2.44. The van der Waals surface area contributed by atoms with Crippen molar-refractivity contribution in [3.63, 3.8) is 0 Å². The molecule has 0 fully saturated rings. The van der Waals surface area contributed by atoms with Crippen molar-refractivity contribution in [3.05, 3.63) is 0 Å². The van der Waals surface area contributed by atoms with Crippen molar-refractivity contribution in [2.75, 3.05) is 0 Å². The highest BCUT2D eigenvalue weighted by atomic mass is 35.5. The molecule has 0 rings (SSSR count). The quantitative estimate of drug-likeness (QED) is 0.218. The van der Waals surface area contributed by atoms with Gasteiger partial charge in [-0.05, 0) is 0 Å². The van der Waals surface area contributed by atoms with Gasteiger partial charge in [0, 0.05) is 0 Å². The van der Waals surface area contributed by atoms with Crippen molar-refractivity contribution in [2.24, 2.45) is 0 Å². The van der Waals surface area contributed by atoms with E-state index in [-0.39, 0.29) is 12.4 Å². The highest BCUT2D eigenvalue weighted by Gasteiger charge is 2.95. The van der Waals surface area contributed by atoms with Crippen molar-refractivity contribution in [3.8, 4) is 0 Å². The molecule has 0 atom stereocenters. The average molecular weight is 508 g/mol. The van der Waals surface area contributed by atoms with Crippen LogP contribution in [0.15, 0.2) is 0 Å². The van der Waals surface area contributed by atoms with Crippen LogP contribution in [0.5, 0.6) is 0 Å². The molecule has 21 heteroatoms. The first kappa shape index (κ1) is 30.1. The summed E-state index contributed by atoms with van der Waals surface area (Å²) < 4.78 is 236. The van der Waals surface area contributed by atoms with Crippen LogP contribution >= 0.6 is 12.4 Å². The third-order valence-corrected chi connectivity index (χ3v) is 2.92. The van der Waals surface area contributed by atoms with E-state index < -0.39 is 53.1 Å². The summed E-state index contributed by atoms with van der Waals surface area (Å²) in [4.78, 5) is 0. The lowest BCUT2D eigenvalue weighted by molar-refractivity contribution is -0.485. The van der Waals surface area contributed by atoms with Crippen molar-refractivity contribution >= 4 is 12.4 Å². The van der Waals surface area contributed by atoms with Gasteiger partial charge in [-0.2, -0.15) is 74.6 Å². The molecular weight excluding hydrogens is 507 g/mol. The number of halogens is 20. The third-order valence-electron chi connectivity index (χ3n) is 2.92. The third kappa shape index (κ3) is 3.62. The summed E-state index contributed by atoms with van der Waals surface area (Å²) >= 11 is 0. The smallest absolute Gasteiger partial charge is 0.192 e. The lowest BCUT2D eigenvalue weighted by Gasteiger charge is -2.42. The summed E-state index contributed by atoms with van der Waals surface area (Å²) in [7, 11) is 0. The van der Waals surface area contributed by atoms with Crippen molar-refractivity contribution in [1.82, 2.24) is 5.34 Å². The van der Waals surface area contributed by atoms with E-state index in [1.54, 1.807) is 0 Å². The van der Waals surface area contributed by atoms with E-state index in [1.165, 1.54) is 0 Å². The van der Waals surface area contributed by atoms with E-state index in [2.05, 4.69) is 0 Å². The van der Waals surface area contributed by atoms with Gasteiger partial charge in [0.25, 0.3) is 0 Å². The monoisotopic (exact) mass is 507 g/mol. The fourth-order valence-corrected chi connectivity index (χ4v) is 1.26. The molecule has 0 bridgehead atoms. The molecule has 178 valence electrons. The second-order valence-electron chi connectivity index (χ2n) is 4.72. The molecule has 0 saturated carbocycles. The molecule has 0 aliphatic carbocycles. The Bertz CT molecular complexity index is 575. The maximum Gasteiger partial charge on any atom is 0.460 e. The number of nitrogens with zero attached hydrogens (tertiary/aromatic N) is 1. The maximum absolute atomic E-state index is 12.9. The first-order valence-electron chi connectivity index (χ1n) is 5.52. The zero-order chi connectivity index (χ0) is 23.6. The minimum absolute atomic E-state index is 0. The summed E-state index contributed by atoms with van der Waals surface area (Å²) in [6.07, 6.45) is -7.87. The molecule has 0 amide bonds. The van der Waals surface area contributed by atoms with Crippen molar-refractivity contribution in [2.45, 2.75) is 47.8 Å². The van der Waals surface area contributed by atoms with Crippen molar-refractivity contribution in [1.29, 1.82) is 0 Å². The lowest BCUT2D eigenvalue weighted by atomic mass is 9.90. The Hall–Kier alpha value is -1.08. The molecule has 0 aromatic rings. The largest absolute Gasteiger partial charge is 0.460 e. The predicted octanol–water partition coefficient (Wildman–Crippen LogP) is 6.45. The molecule has 29 heavy (non-hydrogen) atoms. The van der Waals surface area contributed by atoms with Crippen LogP contribution in [0.4, 0.5) is 83.6 Å². The van der Waals surface area contributed by atoms with Gasteiger partial charge in [-0.15, -0.1) is 12.4 Å². The second kappa shape index (κ2) is 7.26. The van der Waals surface area contributed by atoms with Gasteiger partial charge in [0.1, 0.15) is 0 Å². The molecule has 0 saturated heterocycles. The summed E-state index contributed by atoms with van der Waals surface area (Å²) in [6, 6.07) is -7.81. The lowest BCUT2D eigenvalue weighted by Crippen LogP contribution is -2.75. The van der Waals surface area contributed by atoms with Gasteiger partial charge in [0.2, 0.25) is 0 Å². The van der Waals surface area contributed by atoms with Crippen LogP contribution in [-0.2, 0) is 0 Å². The number of hydrogen-bond donors (Lipinski definition) is 0. The molecule has 0 aliphatic rings. The molecule has 0 N–H and O–H groups in total. The minimum Gasteiger partial charge on any atom is -0.192 e. The fraction of sp³-hybridized carbons (Fsp3) is 1.00. The van der Waals surface area contributed by atoms with Gasteiger partial charge in [-0.1, -0.05) is 8.96 Å². The van der Waals surface area contributed by atoms with Crippen LogP contribution in [0.25, 0.3) is 0 Å². The zero-order valence-electron chi connectivity index (χ0n) is 12.0. The topological polar surface area (TPSA) is 3.24 Å². The molecule has 1 nitrogen and oxygen atoms in total. The van der Waals surface area contributed by atoms with Crippen molar-refractivity contribution < 1.29 is 83.6 Å². The van der Waals surface area contributed by atoms with E-state index >= 15 is 0 Å². The first-order chi connectivity index (χ1) is 11.7. The van der Waals surface area contributed by atoms with Crippen LogP contribution in [0.2, 0.25) is 0 Å². The Kier molecular flexibility index (Phi) is 7.54. The van der Waals surface area contributed by atoms with Crippen LogP contribution < -0.4 is 0 Å². The van der Waals surface area contributed by atoms with Gasteiger partial charge < -0.3 is 0 Å². The van der Waals surface area contributed by atoms with E-state index in [4.69, 9.17) is 0 Å². The number of alkyl halides is 17.